The second-order valence-corrected chi connectivity index (χ2v) is 5.52. The number of nitrogens with zero attached hydrogens (tertiary/aromatic N) is 3. The summed E-state index contributed by atoms with van der Waals surface area (Å²) in [6.45, 7) is 1.90. The van der Waals surface area contributed by atoms with Crippen LogP contribution in [0.15, 0.2) is 18.5 Å². The minimum Gasteiger partial charge on any atom is -0.395 e. The van der Waals surface area contributed by atoms with Crippen LogP contribution in [0.4, 0.5) is 0 Å². The van der Waals surface area contributed by atoms with Gasteiger partial charge in [0, 0.05) is 13.5 Å². The minimum absolute atomic E-state index is 0.0426. The molecule has 21 heavy (non-hydrogen) atoms. The molecule has 1 unspecified atom stereocenters. The first-order valence-corrected chi connectivity index (χ1v) is 7.27. The van der Waals surface area contributed by atoms with Gasteiger partial charge in [-0.2, -0.15) is 0 Å². The zero-order valence-corrected chi connectivity index (χ0v) is 12.6. The number of amides is 1. The molecule has 0 aliphatic rings. The zero-order chi connectivity index (χ0) is 15.2. The Hall–Kier alpha value is -2.17. The highest BCUT2D eigenvalue weighted by molar-refractivity contribution is 7.14. The number of aromatic nitrogens is 3. The molecule has 0 radical (unpaired) electrons. The molecule has 110 valence electrons. The molecule has 2 aromatic heterocycles. The molecule has 0 fully saturated rings. The van der Waals surface area contributed by atoms with Gasteiger partial charge < -0.3 is 15.0 Å². The van der Waals surface area contributed by atoms with E-state index in [0.29, 0.717) is 17.1 Å². The summed E-state index contributed by atoms with van der Waals surface area (Å²) < 4.78 is 1.77. The largest absolute Gasteiger partial charge is 0.395 e. The van der Waals surface area contributed by atoms with Crippen molar-refractivity contribution in [3.63, 3.8) is 0 Å². The van der Waals surface area contributed by atoms with E-state index in [4.69, 9.17) is 5.11 Å². The van der Waals surface area contributed by atoms with Gasteiger partial charge in [-0.15, -0.1) is 21.5 Å². The maximum atomic E-state index is 12.2. The molecule has 0 saturated heterocycles. The topological polar surface area (TPSA) is 80.0 Å². The highest BCUT2D eigenvalue weighted by Gasteiger charge is 2.16. The van der Waals surface area contributed by atoms with Crippen LogP contribution < -0.4 is 5.32 Å². The molecule has 2 rings (SSSR count). The zero-order valence-electron chi connectivity index (χ0n) is 11.8. The molecule has 1 amide bonds. The van der Waals surface area contributed by atoms with E-state index < -0.39 is 0 Å². The second-order valence-electron chi connectivity index (χ2n) is 4.43. The predicted octanol–water partition coefficient (Wildman–Crippen LogP) is 1.10. The first kappa shape index (κ1) is 15.2. The molecule has 0 spiro atoms. The van der Waals surface area contributed by atoms with Crippen molar-refractivity contribution in [3.05, 3.63) is 34.0 Å². The van der Waals surface area contributed by atoms with Gasteiger partial charge in [0.1, 0.15) is 6.33 Å². The summed E-state index contributed by atoms with van der Waals surface area (Å²) in [6, 6.07) is 3.32. The summed E-state index contributed by atoms with van der Waals surface area (Å²) in [5, 5.41) is 19.3. The van der Waals surface area contributed by atoms with Crippen LogP contribution in [0.5, 0.6) is 0 Å². The molecule has 7 heteroatoms. The van der Waals surface area contributed by atoms with Crippen LogP contribution in [-0.2, 0) is 7.05 Å². The van der Waals surface area contributed by atoms with Crippen LogP contribution in [0.1, 0.15) is 39.8 Å². The van der Waals surface area contributed by atoms with E-state index >= 15 is 0 Å². The molecule has 0 aliphatic carbocycles. The number of hydrogen-bond donors (Lipinski definition) is 2. The molecule has 2 aromatic rings. The summed E-state index contributed by atoms with van der Waals surface area (Å²) in [7, 11) is 1.83. The van der Waals surface area contributed by atoms with Gasteiger partial charge in [0.25, 0.3) is 5.91 Å². The van der Waals surface area contributed by atoms with Gasteiger partial charge in [0.2, 0.25) is 0 Å². The molecular formula is C14H16N4O2S. The lowest BCUT2D eigenvalue weighted by Crippen LogP contribution is -2.27. The number of carbonyl (C=O) groups is 1. The van der Waals surface area contributed by atoms with Crippen molar-refractivity contribution in [2.75, 3.05) is 6.61 Å². The molecule has 0 aromatic carbocycles. The number of carbonyl (C=O) groups excluding carboxylic acids is 1. The Morgan fingerprint density at radius 3 is 3.05 bits per heavy atom. The SMILES string of the molecule is CC(NC(=O)c1ccc(C#CCCO)s1)c1nncn1C. The van der Waals surface area contributed by atoms with Crippen LogP contribution in [0.3, 0.4) is 0 Å². The summed E-state index contributed by atoms with van der Waals surface area (Å²) in [5.41, 5.74) is 0. The van der Waals surface area contributed by atoms with Crippen molar-refractivity contribution in [2.24, 2.45) is 7.05 Å². The molecule has 0 bridgehead atoms. The normalized spacial score (nSPS) is 11.6. The minimum atomic E-state index is -0.226. The molecule has 0 saturated carbocycles. The van der Waals surface area contributed by atoms with E-state index in [9.17, 15) is 4.79 Å². The highest BCUT2D eigenvalue weighted by atomic mass is 32.1. The number of aliphatic hydroxyl groups excluding tert-OH is 1. The van der Waals surface area contributed by atoms with Crippen LogP contribution in [-0.4, -0.2) is 32.4 Å². The van der Waals surface area contributed by atoms with E-state index in [0.717, 1.165) is 4.88 Å². The third kappa shape index (κ3) is 3.90. The number of hydrogen-bond acceptors (Lipinski definition) is 5. The van der Waals surface area contributed by atoms with E-state index in [1.165, 1.54) is 11.3 Å². The molecule has 1 atom stereocenters. The smallest absolute Gasteiger partial charge is 0.261 e. The Kier molecular flexibility index (Phi) is 5.09. The second kappa shape index (κ2) is 7.02. The Balaban J connectivity index is 2.01. The van der Waals surface area contributed by atoms with Crippen molar-refractivity contribution in [3.8, 4) is 11.8 Å². The first-order valence-electron chi connectivity index (χ1n) is 6.46. The maximum absolute atomic E-state index is 12.2. The number of rotatable bonds is 4. The standard InChI is InChI=1S/C14H16N4O2S/c1-10(13-17-15-9-18(13)2)16-14(20)12-7-6-11(21-12)5-3-4-8-19/h6-7,9-10,19H,4,8H2,1-2H3,(H,16,20). The highest BCUT2D eigenvalue weighted by Crippen LogP contribution is 2.17. The van der Waals surface area contributed by atoms with Crippen LogP contribution in [0.25, 0.3) is 0 Å². The summed E-state index contributed by atoms with van der Waals surface area (Å²) >= 11 is 1.32. The van der Waals surface area contributed by atoms with Gasteiger partial charge in [0.15, 0.2) is 5.82 Å². The summed E-state index contributed by atoms with van der Waals surface area (Å²) in [6.07, 6.45) is 2.03. The fraction of sp³-hybridized carbons (Fsp3) is 0.357. The average molecular weight is 304 g/mol. The molecule has 2 N–H and O–H groups in total. The number of aryl methyl sites for hydroxylation is 1. The third-order valence-corrected chi connectivity index (χ3v) is 3.76. The molecule has 2 heterocycles. The van der Waals surface area contributed by atoms with E-state index in [1.54, 1.807) is 23.0 Å². The van der Waals surface area contributed by atoms with E-state index in [1.807, 2.05) is 14.0 Å². The average Bonchev–Trinajstić information content (AvgIpc) is 3.08. The van der Waals surface area contributed by atoms with Gasteiger partial charge in [0.05, 0.1) is 22.4 Å². The Morgan fingerprint density at radius 2 is 2.38 bits per heavy atom. The molecule has 6 nitrogen and oxygen atoms in total. The summed E-state index contributed by atoms with van der Waals surface area (Å²) in [4.78, 5) is 13.6. The lowest BCUT2D eigenvalue weighted by atomic mass is 10.3. The Labute approximate surface area is 126 Å². The Bertz CT molecular complexity index is 680. The lowest BCUT2D eigenvalue weighted by molar-refractivity contribution is 0.0942. The van der Waals surface area contributed by atoms with Gasteiger partial charge in [-0.3, -0.25) is 4.79 Å². The van der Waals surface area contributed by atoms with Crippen molar-refractivity contribution >= 4 is 17.2 Å². The Morgan fingerprint density at radius 1 is 1.57 bits per heavy atom. The first-order chi connectivity index (χ1) is 10.1. The quantitative estimate of drug-likeness (QED) is 0.829. The van der Waals surface area contributed by atoms with Crippen LogP contribution in [0.2, 0.25) is 0 Å². The maximum Gasteiger partial charge on any atom is 0.261 e. The number of thiophene rings is 1. The van der Waals surface area contributed by atoms with Crippen molar-refractivity contribution < 1.29 is 9.90 Å². The van der Waals surface area contributed by atoms with E-state index in [2.05, 4.69) is 27.4 Å². The summed E-state index contributed by atoms with van der Waals surface area (Å²) in [5.74, 6) is 6.28. The van der Waals surface area contributed by atoms with Gasteiger partial charge in [-0.1, -0.05) is 11.8 Å². The van der Waals surface area contributed by atoms with Crippen molar-refractivity contribution in [2.45, 2.75) is 19.4 Å². The molecular weight excluding hydrogens is 288 g/mol. The monoisotopic (exact) mass is 304 g/mol. The lowest BCUT2D eigenvalue weighted by Gasteiger charge is -2.11. The number of aliphatic hydroxyl groups is 1. The van der Waals surface area contributed by atoms with E-state index in [-0.39, 0.29) is 18.6 Å². The fourth-order valence-corrected chi connectivity index (χ4v) is 2.53. The van der Waals surface area contributed by atoms with Crippen LogP contribution >= 0.6 is 11.3 Å². The predicted molar refractivity (Wildman–Crippen MR) is 79.8 cm³/mol. The third-order valence-electron chi connectivity index (χ3n) is 2.76. The molecule has 0 aliphatic heterocycles. The van der Waals surface area contributed by atoms with Gasteiger partial charge >= 0.3 is 0 Å². The fourth-order valence-electron chi connectivity index (χ4n) is 1.75. The number of nitrogens with one attached hydrogen (secondary N) is 1. The van der Waals surface area contributed by atoms with Crippen molar-refractivity contribution in [1.82, 2.24) is 20.1 Å². The van der Waals surface area contributed by atoms with Crippen molar-refractivity contribution in [1.29, 1.82) is 0 Å². The van der Waals surface area contributed by atoms with Gasteiger partial charge in [-0.05, 0) is 19.1 Å². The van der Waals surface area contributed by atoms with Gasteiger partial charge in [-0.25, -0.2) is 0 Å². The van der Waals surface area contributed by atoms with Crippen LogP contribution in [0, 0.1) is 11.8 Å².